The van der Waals surface area contributed by atoms with E-state index in [4.69, 9.17) is 14.3 Å². The first-order valence-electron chi connectivity index (χ1n) is 12.1. The largest absolute Gasteiger partial charge is 0.504 e. The predicted octanol–water partition coefficient (Wildman–Crippen LogP) is 0.190. The van der Waals surface area contributed by atoms with E-state index in [2.05, 4.69) is 4.98 Å². The zero-order valence-electron chi connectivity index (χ0n) is 21.9. The van der Waals surface area contributed by atoms with Gasteiger partial charge < -0.3 is 45.1 Å². The van der Waals surface area contributed by atoms with Gasteiger partial charge in [-0.05, 0) is 13.3 Å². The fraction of sp³-hybridized carbons (Fsp3) is 0.192. The van der Waals surface area contributed by atoms with Crippen molar-refractivity contribution in [2.24, 2.45) is 0 Å². The van der Waals surface area contributed by atoms with E-state index in [-0.39, 0.29) is 16.9 Å². The number of nitrogens with zero attached hydrogens (tertiary/aromatic N) is 2. The van der Waals surface area contributed by atoms with Gasteiger partial charge in [0.1, 0.15) is 29.1 Å². The van der Waals surface area contributed by atoms with E-state index in [9.17, 15) is 54.3 Å². The number of nitrogens with one attached hydrogen (secondary N) is 1. The van der Waals surface area contributed by atoms with Gasteiger partial charge in [0.05, 0.1) is 28.4 Å². The summed E-state index contributed by atoms with van der Waals surface area (Å²) >= 11 is 0. The number of fused-ring (bicyclic) bond motifs is 2. The number of hydrogen-bond acceptors (Lipinski definition) is 13. The molecule has 4 aromatic rings. The lowest BCUT2D eigenvalue weighted by atomic mass is 10.0. The number of benzene rings is 1. The molecule has 3 heterocycles. The molecule has 0 saturated heterocycles. The Morgan fingerprint density at radius 1 is 1.05 bits per heavy atom. The van der Waals surface area contributed by atoms with E-state index < -0.39 is 105 Å². The molecule has 0 bridgehead atoms. The molecule has 43 heavy (non-hydrogen) atoms. The topological polar surface area (TPSA) is 275 Å². The fourth-order valence-corrected chi connectivity index (χ4v) is 4.18. The number of carboxylic acid groups (broad SMARTS) is 2. The highest BCUT2D eigenvalue weighted by molar-refractivity contribution is 6.08. The summed E-state index contributed by atoms with van der Waals surface area (Å²) in [6.07, 6.45) is 0.637. The summed E-state index contributed by atoms with van der Waals surface area (Å²) in [5.41, 5.74) is -4.25. The minimum atomic E-state index is -1.63. The van der Waals surface area contributed by atoms with Crippen molar-refractivity contribution < 1.29 is 59.0 Å². The second kappa shape index (κ2) is 11.4. The maximum Gasteiger partial charge on any atom is 0.343 e. The molecule has 0 unspecified atom stereocenters. The monoisotopic (exact) mass is 599 g/mol. The van der Waals surface area contributed by atoms with Crippen molar-refractivity contribution in [1.82, 2.24) is 14.7 Å². The van der Waals surface area contributed by atoms with Crippen molar-refractivity contribution >= 4 is 40.4 Å². The minimum Gasteiger partial charge on any atom is -0.504 e. The van der Waals surface area contributed by atoms with Crippen LogP contribution in [0.4, 0.5) is 0 Å². The first kappa shape index (κ1) is 29.8. The van der Waals surface area contributed by atoms with Crippen LogP contribution < -0.4 is 16.3 Å². The number of aromatic nitrogens is 2. The minimum absolute atomic E-state index is 0.0265. The van der Waals surface area contributed by atoms with Crippen molar-refractivity contribution in [3.63, 3.8) is 0 Å². The van der Waals surface area contributed by atoms with Gasteiger partial charge in [0.2, 0.25) is 5.43 Å². The fourth-order valence-electron chi connectivity index (χ4n) is 4.18. The third-order valence-corrected chi connectivity index (χ3v) is 6.21. The van der Waals surface area contributed by atoms with Crippen LogP contribution in [0.15, 0.2) is 38.6 Å². The Hall–Kier alpha value is -6.13. The zero-order valence-corrected chi connectivity index (χ0v) is 21.9. The van der Waals surface area contributed by atoms with E-state index in [1.54, 1.807) is 0 Å². The van der Waals surface area contributed by atoms with Crippen LogP contribution >= 0.6 is 0 Å². The molecule has 0 spiro atoms. The van der Waals surface area contributed by atoms with Crippen molar-refractivity contribution in [2.75, 3.05) is 6.61 Å². The predicted molar refractivity (Wildman–Crippen MR) is 141 cm³/mol. The first-order valence-corrected chi connectivity index (χ1v) is 12.1. The van der Waals surface area contributed by atoms with Gasteiger partial charge in [0, 0.05) is 18.6 Å². The quantitative estimate of drug-likeness (QED) is 0.0999. The van der Waals surface area contributed by atoms with E-state index in [1.165, 1.54) is 6.92 Å². The number of carbonyl (C=O) groups is 4. The van der Waals surface area contributed by atoms with Gasteiger partial charge in [-0.3, -0.25) is 23.6 Å². The van der Waals surface area contributed by atoms with Crippen molar-refractivity contribution in [2.45, 2.75) is 25.8 Å². The van der Waals surface area contributed by atoms with Gasteiger partial charge in [-0.1, -0.05) is 0 Å². The highest BCUT2D eigenvalue weighted by atomic mass is 16.5. The van der Waals surface area contributed by atoms with Gasteiger partial charge in [0.25, 0.3) is 11.5 Å². The van der Waals surface area contributed by atoms with Crippen molar-refractivity contribution in [3.05, 3.63) is 56.4 Å². The Balaban J connectivity index is 1.75. The molecule has 0 radical (unpaired) electrons. The van der Waals surface area contributed by atoms with Crippen LogP contribution in [-0.2, 0) is 19.1 Å². The highest BCUT2D eigenvalue weighted by Crippen LogP contribution is 2.36. The van der Waals surface area contributed by atoms with Crippen LogP contribution in [0.5, 0.6) is 23.0 Å². The molecule has 1 amide bonds. The molecule has 4 rings (SSSR count). The Kier molecular flexibility index (Phi) is 7.91. The Bertz CT molecular complexity index is 1960. The van der Waals surface area contributed by atoms with Gasteiger partial charge >= 0.3 is 17.9 Å². The molecule has 0 aliphatic carbocycles. The maximum absolute atomic E-state index is 13.6. The number of aryl methyl sites for hydroxylation is 1. The highest BCUT2D eigenvalue weighted by Gasteiger charge is 2.28. The number of amides is 1. The number of phenolic OH excluding ortho intramolecular Hbond substituents is 2. The molecular formula is C26H21N3O14. The number of pyridine rings is 1. The van der Waals surface area contributed by atoms with E-state index in [1.807, 2.05) is 5.32 Å². The van der Waals surface area contributed by atoms with E-state index >= 15 is 0 Å². The normalized spacial score (nSPS) is 11.7. The third kappa shape index (κ3) is 5.71. The van der Waals surface area contributed by atoms with Crippen LogP contribution in [0.25, 0.3) is 27.7 Å². The second-order valence-electron chi connectivity index (χ2n) is 9.09. The van der Waals surface area contributed by atoms with Gasteiger partial charge in [-0.25, -0.2) is 14.6 Å². The molecule has 0 aliphatic rings. The van der Waals surface area contributed by atoms with Crippen LogP contribution in [0.2, 0.25) is 0 Å². The van der Waals surface area contributed by atoms with E-state index in [0.717, 1.165) is 29.0 Å². The third-order valence-electron chi connectivity index (χ3n) is 6.21. The smallest absolute Gasteiger partial charge is 0.343 e. The lowest BCUT2D eigenvalue weighted by molar-refractivity contribution is -0.143. The maximum atomic E-state index is 13.6. The summed E-state index contributed by atoms with van der Waals surface area (Å²) in [4.78, 5) is 78.3. The number of aliphatic carboxylic acids is 2. The molecule has 1 atom stereocenters. The Morgan fingerprint density at radius 3 is 2.40 bits per heavy atom. The molecule has 0 fully saturated rings. The zero-order chi connectivity index (χ0) is 31.7. The van der Waals surface area contributed by atoms with Gasteiger partial charge in [-0.15, -0.1) is 0 Å². The van der Waals surface area contributed by atoms with Crippen LogP contribution in [0.1, 0.15) is 28.9 Å². The molecule has 224 valence electrons. The average molecular weight is 599 g/mol. The standard InChI is InChI=1S/C26H21N3O14/c1-9-19(24(38)29-6-14(32)12(30)5-16(29)27-9)10-7-42-15-4-13(31)23(37)21(20(15)22(10)36)26(41)43-8-17(33)28-11(25(39)40)2-3-18(34)35/h4-7,11,30-32,37H,2-3,8H2,1H3,(H,28,33)(H,34,35)(H,39,40)/t11-/m0/s1. The first-order chi connectivity index (χ1) is 20.2. The molecular weight excluding hydrogens is 578 g/mol. The number of ether oxygens (including phenoxy) is 1. The molecule has 17 nitrogen and oxygen atoms in total. The number of phenols is 2. The molecule has 0 aliphatic heterocycles. The van der Waals surface area contributed by atoms with Gasteiger partial charge in [0.15, 0.2) is 29.6 Å². The van der Waals surface area contributed by atoms with Crippen molar-refractivity contribution in [1.29, 1.82) is 0 Å². The lowest BCUT2D eigenvalue weighted by Crippen LogP contribution is -2.43. The Labute approximate surface area is 237 Å². The molecule has 0 saturated carbocycles. The number of esters is 1. The van der Waals surface area contributed by atoms with Crippen LogP contribution in [0, 0.1) is 6.92 Å². The summed E-state index contributed by atoms with van der Waals surface area (Å²) < 4.78 is 11.0. The summed E-state index contributed by atoms with van der Waals surface area (Å²) in [7, 11) is 0. The number of rotatable bonds is 9. The Morgan fingerprint density at radius 2 is 1.74 bits per heavy atom. The summed E-state index contributed by atoms with van der Waals surface area (Å²) in [6.45, 7) is 0.218. The van der Waals surface area contributed by atoms with Crippen LogP contribution in [0.3, 0.4) is 0 Å². The number of hydrogen-bond donors (Lipinski definition) is 7. The number of aromatic hydroxyl groups is 4. The summed E-state index contributed by atoms with van der Waals surface area (Å²) in [5.74, 6) is -8.84. The number of carboxylic acids is 2. The van der Waals surface area contributed by atoms with Crippen molar-refractivity contribution in [3.8, 4) is 34.1 Å². The van der Waals surface area contributed by atoms with Crippen LogP contribution in [-0.4, -0.2) is 76.5 Å². The summed E-state index contributed by atoms with van der Waals surface area (Å²) in [6, 6.07) is 0.181. The lowest BCUT2D eigenvalue weighted by Gasteiger charge is -2.14. The molecule has 17 heteroatoms. The molecule has 7 N–H and O–H groups in total. The average Bonchev–Trinajstić information content (AvgIpc) is 2.93. The molecule has 1 aromatic carbocycles. The SMILES string of the molecule is Cc1nc2cc(O)c(O)cn2c(=O)c1-c1coc2cc(O)c(O)c(C(=O)OCC(=O)N[C@@H](CCC(=O)O)C(=O)O)c2c1=O. The molecule has 3 aromatic heterocycles. The van der Waals surface area contributed by atoms with Gasteiger partial charge in [-0.2, -0.15) is 0 Å². The van der Waals surface area contributed by atoms with E-state index in [0.29, 0.717) is 0 Å². The second-order valence-corrected chi connectivity index (χ2v) is 9.09. The summed E-state index contributed by atoms with van der Waals surface area (Å²) in [5, 5.41) is 59.4. The number of carbonyl (C=O) groups excluding carboxylic acids is 2.